The van der Waals surface area contributed by atoms with E-state index < -0.39 is 35.6 Å². The number of carbonyl (C=O) groups is 4. The van der Waals surface area contributed by atoms with Gasteiger partial charge < -0.3 is 48.7 Å². The van der Waals surface area contributed by atoms with Crippen molar-refractivity contribution in [3.05, 3.63) is 0 Å². The number of rotatable bonds is 11. The van der Waals surface area contributed by atoms with Crippen LogP contribution in [0.4, 0.5) is 0 Å². The molecular weight excluding hydrogens is 366 g/mol. The van der Waals surface area contributed by atoms with Crippen molar-refractivity contribution in [3.63, 3.8) is 0 Å². The quantitative estimate of drug-likeness (QED) is 0.128. The largest absolute Gasteiger partial charge is 0.481 e. The zero-order valence-corrected chi connectivity index (χ0v) is 15.3. The van der Waals surface area contributed by atoms with E-state index >= 15 is 0 Å². The molecule has 0 bridgehead atoms. The highest BCUT2D eigenvalue weighted by molar-refractivity contribution is 5.77. The van der Waals surface area contributed by atoms with Crippen molar-refractivity contribution in [3.8, 4) is 0 Å². The second kappa shape index (κ2) is 17.1. The lowest BCUT2D eigenvalue weighted by atomic mass is 10.0. The summed E-state index contributed by atoms with van der Waals surface area (Å²) in [4.78, 5) is 39.9. The highest BCUT2D eigenvalue weighted by Crippen LogP contribution is 2.07. The lowest BCUT2D eigenvalue weighted by Gasteiger charge is -2.18. The van der Waals surface area contributed by atoms with Crippen molar-refractivity contribution >= 4 is 23.9 Å². The van der Waals surface area contributed by atoms with E-state index in [9.17, 15) is 19.2 Å². The minimum atomic E-state index is -1.74. The van der Waals surface area contributed by atoms with Crippen LogP contribution in [0.15, 0.2) is 0 Å². The number of nitrogens with two attached hydrogens (primary N) is 4. The fraction of sp³-hybridized carbons (Fsp3) is 0.714. The van der Waals surface area contributed by atoms with Crippen LogP contribution < -0.4 is 28.3 Å². The average molecular weight is 397 g/mol. The Morgan fingerprint density at radius 1 is 1.00 bits per heavy atom. The monoisotopic (exact) mass is 397 g/mol. The lowest BCUT2D eigenvalue weighted by molar-refractivity contribution is -0.143. The maximum absolute atomic E-state index is 10.4. The van der Waals surface area contributed by atoms with Crippen LogP contribution in [0.25, 0.3) is 0 Å². The van der Waals surface area contributed by atoms with Crippen molar-refractivity contribution in [1.29, 1.82) is 0 Å². The molecule has 13 heteroatoms. The molecule has 13 N–H and O–H groups in total. The number of nitrogens with one attached hydrogen (secondary N) is 1. The van der Waals surface area contributed by atoms with Gasteiger partial charge >= 0.3 is 23.9 Å². The Labute approximate surface area is 156 Å². The van der Waals surface area contributed by atoms with Crippen molar-refractivity contribution in [1.82, 2.24) is 5.32 Å². The summed E-state index contributed by atoms with van der Waals surface area (Å²) in [6.45, 7) is 2.64. The fourth-order valence-corrected chi connectivity index (χ4v) is 1.13. The number of hydrogen-bond acceptors (Lipinski definition) is 9. The smallest absolute Gasteiger partial charge is 0.338 e. The third-order valence-corrected chi connectivity index (χ3v) is 2.73. The van der Waals surface area contributed by atoms with Gasteiger partial charge in [-0.3, -0.25) is 14.4 Å². The maximum Gasteiger partial charge on any atom is 0.338 e. The topological polar surface area (TPSA) is 265 Å². The molecule has 0 aliphatic rings. The molecule has 1 unspecified atom stereocenters. The third kappa shape index (κ3) is 23.7. The summed E-state index contributed by atoms with van der Waals surface area (Å²) in [6, 6.07) is -0.903. The second-order valence-electron chi connectivity index (χ2n) is 5.30. The number of carboxylic acids is 4. The minimum Gasteiger partial charge on any atom is -0.481 e. The summed E-state index contributed by atoms with van der Waals surface area (Å²) in [5, 5.41) is 35.4. The molecule has 0 heterocycles. The van der Waals surface area contributed by atoms with Gasteiger partial charge in [0.25, 0.3) is 0 Å². The van der Waals surface area contributed by atoms with Crippen molar-refractivity contribution in [2.24, 2.45) is 22.9 Å². The SMILES string of the molecule is CCNCC(=O)O.NC(N)(CCCCC(=O)O)C(=O)O.NCC(N)C(=O)O. The highest BCUT2D eigenvalue weighted by atomic mass is 16.4. The summed E-state index contributed by atoms with van der Waals surface area (Å²) >= 11 is 0. The zero-order valence-electron chi connectivity index (χ0n) is 15.3. The van der Waals surface area contributed by atoms with E-state index in [4.69, 9.17) is 43.4 Å². The fourth-order valence-electron chi connectivity index (χ4n) is 1.13. The van der Waals surface area contributed by atoms with E-state index in [1.54, 1.807) is 0 Å². The molecule has 27 heavy (non-hydrogen) atoms. The molecule has 0 aromatic rings. The Morgan fingerprint density at radius 3 is 1.74 bits per heavy atom. The van der Waals surface area contributed by atoms with Gasteiger partial charge in [0, 0.05) is 13.0 Å². The van der Waals surface area contributed by atoms with Gasteiger partial charge in [-0.1, -0.05) is 6.92 Å². The van der Waals surface area contributed by atoms with Crippen molar-refractivity contribution < 1.29 is 39.6 Å². The molecule has 0 saturated heterocycles. The van der Waals surface area contributed by atoms with Crippen LogP contribution in [0.1, 0.15) is 32.6 Å². The summed E-state index contributed by atoms with van der Waals surface area (Å²) < 4.78 is 0. The number of likely N-dealkylation sites (N-methyl/N-ethyl adjacent to an activating group) is 1. The van der Waals surface area contributed by atoms with Crippen LogP contribution in [-0.2, 0) is 19.2 Å². The van der Waals surface area contributed by atoms with Gasteiger partial charge in [-0.05, 0) is 25.8 Å². The molecule has 0 saturated carbocycles. The predicted octanol–water partition coefficient (Wildman–Crippen LogP) is -2.63. The molecular formula is C14H31N5O8. The molecule has 13 nitrogen and oxygen atoms in total. The number of carboxylic acid groups (broad SMARTS) is 4. The normalized spacial score (nSPS) is 11.1. The highest BCUT2D eigenvalue weighted by Gasteiger charge is 2.27. The van der Waals surface area contributed by atoms with E-state index in [2.05, 4.69) is 5.32 Å². The number of aliphatic carboxylic acids is 4. The van der Waals surface area contributed by atoms with Gasteiger partial charge in [0.05, 0.1) is 6.54 Å². The van der Waals surface area contributed by atoms with E-state index in [1.807, 2.05) is 6.92 Å². The van der Waals surface area contributed by atoms with E-state index in [-0.39, 0.29) is 25.9 Å². The summed E-state index contributed by atoms with van der Waals surface area (Å²) in [6.07, 6.45) is 0.871. The van der Waals surface area contributed by atoms with Crippen LogP contribution in [0, 0.1) is 0 Å². The molecule has 160 valence electrons. The summed E-state index contributed by atoms with van der Waals surface area (Å²) in [5.74, 6) is -4.04. The minimum absolute atomic E-state index is 0.00463. The first-order valence-electron chi connectivity index (χ1n) is 7.95. The molecule has 0 fully saturated rings. The van der Waals surface area contributed by atoms with Crippen LogP contribution in [0.3, 0.4) is 0 Å². The van der Waals surface area contributed by atoms with Crippen molar-refractivity contribution in [2.75, 3.05) is 19.6 Å². The first-order valence-corrected chi connectivity index (χ1v) is 7.95. The summed E-state index contributed by atoms with van der Waals surface area (Å²) in [7, 11) is 0. The molecule has 0 rings (SSSR count). The molecule has 0 amide bonds. The van der Waals surface area contributed by atoms with Crippen LogP contribution in [0.2, 0.25) is 0 Å². The first-order chi connectivity index (χ1) is 12.3. The van der Waals surface area contributed by atoms with Crippen molar-refractivity contribution in [2.45, 2.75) is 44.3 Å². The van der Waals surface area contributed by atoms with Crippen LogP contribution in [0.5, 0.6) is 0 Å². The van der Waals surface area contributed by atoms with Gasteiger partial charge in [0.2, 0.25) is 0 Å². The molecule has 0 radical (unpaired) electrons. The Hall–Kier alpha value is -2.32. The van der Waals surface area contributed by atoms with Gasteiger partial charge in [0.15, 0.2) is 5.66 Å². The van der Waals surface area contributed by atoms with Gasteiger partial charge in [-0.25, -0.2) is 4.79 Å². The van der Waals surface area contributed by atoms with Gasteiger partial charge in [0.1, 0.15) is 6.04 Å². The average Bonchev–Trinajstić information content (AvgIpc) is 2.56. The van der Waals surface area contributed by atoms with E-state index in [0.717, 1.165) is 0 Å². The van der Waals surface area contributed by atoms with Gasteiger partial charge in [-0.15, -0.1) is 0 Å². The second-order valence-corrected chi connectivity index (χ2v) is 5.30. The maximum atomic E-state index is 10.4. The Kier molecular flexibility index (Phi) is 18.7. The first kappa shape index (κ1) is 29.4. The molecule has 0 aliphatic carbocycles. The standard InChI is InChI=1S/C7H14N2O4.C4H9NO2.C3H8N2O2/c8-7(9,6(12)13)4-2-1-3-5(10)11;1-2-5-3-4(6)7;4-1-2(5)3(6)7/h1-4,8-9H2,(H,10,11)(H,12,13);5H,2-3H2,1H3,(H,6,7);2H,1,4-5H2,(H,6,7). The molecule has 1 atom stereocenters. The van der Waals surface area contributed by atoms with E-state index in [0.29, 0.717) is 19.4 Å². The Bertz CT molecular complexity index is 459. The third-order valence-electron chi connectivity index (χ3n) is 2.73. The predicted molar refractivity (Wildman–Crippen MR) is 95.7 cm³/mol. The molecule has 0 aromatic carbocycles. The zero-order chi connectivity index (χ0) is 22.0. The molecule has 0 spiro atoms. The lowest BCUT2D eigenvalue weighted by Crippen LogP contribution is -2.56. The molecule has 0 aliphatic heterocycles. The Morgan fingerprint density at radius 2 is 1.52 bits per heavy atom. The number of hydrogen-bond donors (Lipinski definition) is 9. The Balaban J connectivity index is -0.000000350. The van der Waals surface area contributed by atoms with Crippen LogP contribution >= 0.6 is 0 Å². The summed E-state index contributed by atoms with van der Waals surface area (Å²) in [5.41, 5.74) is 18.4. The number of unbranched alkanes of at least 4 members (excludes halogenated alkanes) is 1. The van der Waals surface area contributed by atoms with Crippen LogP contribution in [-0.4, -0.2) is 75.6 Å². The van der Waals surface area contributed by atoms with E-state index in [1.165, 1.54) is 0 Å². The molecule has 0 aromatic heterocycles. The van der Waals surface area contributed by atoms with Gasteiger partial charge in [-0.2, -0.15) is 0 Å².